The van der Waals surface area contributed by atoms with Crippen LogP contribution in [0.1, 0.15) is 58.1 Å². The van der Waals surface area contributed by atoms with Crippen molar-refractivity contribution < 1.29 is 9.90 Å². The van der Waals surface area contributed by atoms with Gasteiger partial charge in [-0.2, -0.15) is 0 Å². The van der Waals surface area contributed by atoms with Crippen molar-refractivity contribution in [3.63, 3.8) is 0 Å². The summed E-state index contributed by atoms with van der Waals surface area (Å²) in [6.07, 6.45) is 8.47. The number of hydrogen-bond acceptors (Lipinski definition) is 3. The van der Waals surface area contributed by atoms with Crippen LogP contribution in [0.3, 0.4) is 0 Å². The average molecular weight is 324 g/mol. The predicted molar refractivity (Wildman–Crippen MR) is 91.8 cm³/mol. The van der Waals surface area contributed by atoms with Crippen LogP contribution >= 0.6 is 0 Å². The lowest BCUT2D eigenvalue weighted by atomic mass is 9.84. The van der Waals surface area contributed by atoms with E-state index in [1.807, 2.05) is 25.3 Å². The number of aromatic nitrogens is 1. The molecule has 1 aliphatic carbocycles. The molecule has 2 aromatic heterocycles. The Morgan fingerprint density at radius 1 is 1.29 bits per heavy atom. The van der Waals surface area contributed by atoms with E-state index in [0.717, 1.165) is 48.0 Å². The first-order valence-electron chi connectivity index (χ1n) is 8.40. The summed E-state index contributed by atoms with van der Waals surface area (Å²) in [6, 6.07) is 3.79. The molecule has 5 heteroatoms. The summed E-state index contributed by atoms with van der Waals surface area (Å²) in [7, 11) is 0. The summed E-state index contributed by atoms with van der Waals surface area (Å²) in [5.41, 5.74) is 3.25. The van der Waals surface area contributed by atoms with Crippen molar-refractivity contribution in [2.24, 2.45) is 0 Å². The van der Waals surface area contributed by atoms with Gasteiger partial charge in [0.25, 0.3) is 5.56 Å². The third-order valence-electron chi connectivity index (χ3n) is 5.06. The van der Waals surface area contributed by atoms with Crippen molar-refractivity contribution in [2.75, 3.05) is 6.54 Å². The van der Waals surface area contributed by atoms with Gasteiger partial charge in [0.05, 0.1) is 5.52 Å². The minimum Gasteiger partial charge on any atom is -0.477 e. The number of aromatic carboxylic acids is 1. The first-order chi connectivity index (χ1) is 11.6. The number of aryl methyl sites for hydroxylation is 1. The van der Waals surface area contributed by atoms with Crippen molar-refractivity contribution in [3.8, 4) is 0 Å². The number of carbonyl (C=O) groups is 1. The molecule has 3 heterocycles. The molecule has 4 rings (SSSR count). The third-order valence-corrected chi connectivity index (χ3v) is 5.06. The minimum atomic E-state index is -1.13. The molecule has 1 fully saturated rings. The van der Waals surface area contributed by atoms with Gasteiger partial charge in [0, 0.05) is 18.7 Å². The standard InChI is InChI=1S/C19H20N2O3/c1-11-3-2-10-21-17(11)15(12-4-5-12)14(13-6-8-20-9-7-13)16(18(21)22)19(23)24/h2-3,6,8,10,12-13,20H,4-5,7,9H2,1H3,(H,23,24). The van der Waals surface area contributed by atoms with Gasteiger partial charge in [-0.15, -0.1) is 0 Å². The Morgan fingerprint density at radius 2 is 2.08 bits per heavy atom. The normalized spacial score (nSPS) is 20.1. The molecule has 1 saturated carbocycles. The fraction of sp³-hybridized carbons (Fsp3) is 0.368. The van der Waals surface area contributed by atoms with Crippen molar-refractivity contribution in [3.05, 3.63) is 63.2 Å². The largest absolute Gasteiger partial charge is 0.477 e. The molecule has 124 valence electrons. The van der Waals surface area contributed by atoms with E-state index in [2.05, 4.69) is 5.32 Å². The molecule has 2 aliphatic rings. The van der Waals surface area contributed by atoms with E-state index >= 15 is 0 Å². The summed E-state index contributed by atoms with van der Waals surface area (Å²) in [5, 5.41) is 12.9. The molecule has 1 atom stereocenters. The molecule has 5 nitrogen and oxygen atoms in total. The summed E-state index contributed by atoms with van der Waals surface area (Å²) in [4.78, 5) is 24.9. The third kappa shape index (κ3) is 2.23. The lowest BCUT2D eigenvalue weighted by molar-refractivity contribution is 0.0693. The Hall–Kier alpha value is -2.56. The van der Waals surface area contributed by atoms with Crippen LogP contribution in [0, 0.1) is 6.92 Å². The predicted octanol–water partition coefficient (Wildman–Crippen LogP) is 2.77. The molecule has 1 unspecified atom stereocenters. The maximum absolute atomic E-state index is 12.9. The second-order valence-electron chi connectivity index (χ2n) is 6.71. The van der Waals surface area contributed by atoms with Gasteiger partial charge < -0.3 is 10.4 Å². The molecule has 2 N–H and O–H groups in total. The summed E-state index contributed by atoms with van der Waals surface area (Å²) >= 11 is 0. The molecule has 0 spiro atoms. The number of nitrogens with one attached hydrogen (secondary N) is 1. The summed E-state index contributed by atoms with van der Waals surface area (Å²) in [5.74, 6) is -0.789. The fourth-order valence-corrected chi connectivity index (χ4v) is 3.85. The highest BCUT2D eigenvalue weighted by Crippen LogP contribution is 2.47. The molecule has 0 amide bonds. The molecule has 24 heavy (non-hydrogen) atoms. The lowest BCUT2D eigenvalue weighted by Gasteiger charge is -2.24. The maximum atomic E-state index is 12.9. The van der Waals surface area contributed by atoms with E-state index in [1.54, 1.807) is 12.3 Å². The SMILES string of the molecule is Cc1cccn2c(=O)c(C(=O)O)c(C3C=CNCC3)c(C3CC3)c12. The first kappa shape index (κ1) is 15.0. The Bertz CT molecular complexity index is 922. The number of fused-ring (bicyclic) bond motifs is 1. The van der Waals surface area contributed by atoms with E-state index in [9.17, 15) is 14.7 Å². The van der Waals surface area contributed by atoms with Crippen LogP contribution in [0.2, 0.25) is 0 Å². The number of allylic oxidation sites excluding steroid dienone is 1. The minimum absolute atomic E-state index is 0.0229. The molecule has 2 aromatic rings. The topological polar surface area (TPSA) is 70.8 Å². The van der Waals surface area contributed by atoms with Crippen LogP contribution in [0.5, 0.6) is 0 Å². The zero-order valence-corrected chi connectivity index (χ0v) is 13.6. The summed E-state index contributed by atoms with van der Waals surface area (Å²) in [6.45, 7) is 2.78. The number of pyridine rings is 2. The highest BCUT2D eigenvalue weighted by Gasteiger charge is 2.35. The van der Waals surface area contributed by atoms with E-state index in [1.165, 1.54) is 4.40 Å². The molecule has 0 saturated heterocycles. The van der Waals surface area contributed by atoms with Crippen LogP contribution in [0.15, 0.2) is 35.4 Å². The maximum Gasteiger partial charge on any atom is 0.341 e. The average Bonchev–Trinajstić information content (AvgIpc) is 3.40. The zero-order valence-electron chi connectivity index (χ0n) is 13.6. The van der Waals surface area contributed by atoms with Crippen molar-refractivity contribution in [1.82, 2.24) is 9.72 Å². The number of rotatable bonds is 3. The zero-order chi connectivity index (χ0) is 16.8. The molecular formula is C19H20N2O3. The van der Waals surface area contributed by atoms with E-state index < -0.39 is 11.5 Å². The van der Waals surface area contributed by atoms with Gasteiger partial charge in [0.15, 0.2) is 0 Å². The van der Waals surface area contributed by atoms with Crippen LogP contribution in [0.4, 0.5) is 0 Å². The smallest absolute Gasteiger partial charge is 0.341 e. The highest BCUT2D eigenvalue weighted by molar-refractivity contribution is 5.91. The van der Waals surface area contributed by atoms with Crippen LogP contribution in [0.25, 0.3) is 5.52 Å². The molecule has 0 radical (unpaired) electrons. The van der Waals surface area contributed by atoms with Crippen molar-refractivity contribution in [2.45, 2.75) is 38.0 Å². The Morgan fingerprint density at radius 3 is 2.71 bits per heavy atom. The van der Waals surface area contributed by atoms with E-state index in [4.69, 9.17) is 0 Å². The molecular weight excluding hydrogens is 304 g/mol. The fourth-order valence-electron chi connectivity index (χ4n) is 3.85. The van der Waals surface area contributed by atoms with Gasteiger partial charge in [0.2, 0.25) is 0 Å². The highest BCUT2D eigenvalue weighted by atomic mass is 16.4. The summed E-state index contributed by atoms with van der Waals surface area (Å²) < 4.78 is 1.53. The molecule has 1 aliphatic heterocycles. The number of carboxylic acid groups (broad SMARTS) is 1. The van der Waals surface area contributed by atoms with Gasteiger partial charge in [0.1, 0.15) is 5.56 Å². The van der Waals surface area contributed by atoms with Crippen molar-refractivity contribution in [1.29, 1.82) is 0 Å². The van der Waals surface area contributed by atoms with Crippen LogP contribution in [-0.2, 0) is 0 Å². The van der Waals surface area contributed by atoms with Gasteiger partial charge in [-0.1, -0.05) is 12.1 Å². The van der Waals surface area contributed by atoms with Gasteiger partial charge >= 0.3 is 5.97 Å². The number of nitrogens with zero attached hydrogens (tertiary/aromatic N) is 1. The van der Waals surface area contributed by atoms with Crippen molar-refractivity contribution >= 4 is 11.5 Å². The lowest BCUT2D eigenvalue weighted by Crippen LogP contribution is -2.29. The number of carboxylic acids is 1. The van der Waals surface area contributed by atoms with Gasteiger partial charge in [-0.25, -0.2) is 4.79 Å². The second kappa shape index (κ2) is 5.51. The first-order valence-corrected chi connectivity index (χ1v) is 8.40. The van der Waals surface area contributed by atoms with E-state index in [-0.39, 0.29) is 11.5 Å². The molecule has 0 aromatic carbocycles. The second-order valence-corrected chi connectivity index (χ2v) is 6.71. The number of hydrogen-bond donors (Lipinski definition) is 2. The quantitative estimate of drug-likeness (QED) is 0.911. The van der Waals surface area contributed by atoms with Gasteiger partial charge in [-0.05, 0) is 61.1 Å². The Balaban J connectivity index is 2.16. The monoisotopic (exact) mass is 324 g/mol. The van der Waals surface area contributed by atoms with Gasteiger partial charge in [-0.3, -0.25) is 9.20 Å². The van der Waals surface area contributed by atoms with Crippen LogP contribution < -0.4 is 10.9 Å². The Kier molecular flexibility index (Phi) is 3.44. The Labute approximate surface area is 139 Å². The van der Waals surface area contributed by atoms with E-state index in [0.29, 0.717) is 5.92 Å². The molecule has 0 bridgehead atoms. The van der Waals surface area contributed by atoms with Crippen LogP contribution in [-0.4, -0.2) is 22.0 Å².